The van der Waals surface area contributed by atoms with E-state index in [1.807, 2.05) is 0 Å². The van der Waals surface area contributed by atoms with E-state index in [0.717, 1.165) is 10.5 Å². The van der Waals surface area contributed by atoms with E-state index in [9.17, 15) is 0 Å². The number of hydrogen-bond donors (Lipinski definition) is 0. The second-order valence-electron chi connectivity index (χ2n) is 6.18. The summed E-state index contributed by atoms with van der Waals surface area (Å²) >= 11 is 0. The molecule has 0 unspecified atom stereocenters. The van der Waals surface area contributed by atoms with E-state index in [2.05, 4.69) is 55.4 Å². The Hall–Kier alpha value is 0.394. The maximum Gasteiger partial charge on any atom is 0.190 e. The molecular weight excluding hydrogens is 216 g/mol. The van der Waals surface area contributed by atoms with Crippen molar-refractivity contribution >= 4 is 18.8 Å². The van der Waals surface area contributed by atoms with Gasteiger partial charge < -0.3 is 4.12 Å². The molecule has 15 heavy (non-hydrogen) atoms. The first-order valence-electron chi connectivity index (χ1n) is 6.19. The smallest absolute Gasteiger partial charge is 0.190 e. The molecule has 0 N–H and O–H groups in total. The first-order valence-corrected chi connectivity index (χ1v) is 9.07. The highest BCUT2D eigenvalue weighted by atomic mass is 28.4. The standard InChI is InChI=1S/C12H30OSi2/c1-9(2)12(7,8)15(13-14,10(3)4)11(5)6/h9-11H,1-8,14H3. The van der Waals surface area contributed by atoms with Crippen LogP contribution < -0.4 is 0 Å². The van der Waals surface area contributed by atoms with E-state index in [1.165, 1.54) is 0 Å². The molecule has 0 atom stereocenters. The van der Waals surface area contributed by atoms with Crippen molar-refractivity contribution in [3.63, 3.8) is 0 Å². The average molecular weight is 247 g/mol. The zero-order valence-electron chi connectivity index (χ0n) is 12.1. The predicted octanol–water partition coefficient (Wildman–Crippen LogP) is 3.49. The van der Waals surface area contributed by atoms with Gasteiger partial charge in [-0.25, -0.2) is 0 Å². The minimum Gasteiger partial charge on any atom is -0.463 e. The molecule has 92 valence electrons. The molecule has 0 saturated heterocycles. The van der Waals surface area contributed by atoms with Gasteiger partial charge in [-0.2, -0.15) is 0 Å². The van der Waals surface area contributed by atoms with Gasteiger partial charge in [-0.15, -0.1) is 0 Å². The Bertz CT molecular complexity index is 190. The van der Waals surface area contributed by atoms with Crippen molar-refractivity contribution in [2.45, 2.75) is 71.5 Å². The SMILES string of the molecule is CC(C)C(C)(C)[Si](O[SiH3])(C(C)C)C(C)C. The van der Waals surface area contributed by atoms with E-state index >= 15 is 0 Å². The molecule has 0 radical (unpaired) electrons. The van der Waals surface area contributed by atoms with E-state index < -0.39 is 8.32 Å². The lowest BCUT2D eigenvalue weighted by atomic mass is 9.99. The highest BCUT2D eigenvalue weighted by molar-refractivity contribution is 6.81. The second-order valence-corrected chi connectivity index (χ2v) is 13.0. The van der Waals surface area contributed by atoms with Gasteiger partial charge in [0, 0.05) is 0 Å². The lowest BCUT2D eigenvalue weighted by Crippen LogP contribution is -2.55. The molecule has 0 spiro atoms. The van der Waals surface area contributed by atoms with E-state index in [0.29, 0.717) is 22.0 Å². The third-order valence-electron chi connectivity index (χ3n) is 4.50. The molecule has 1 nitrogen and oxygen atoms in total. The zero-order chi connectivity index (χ0) is 12.4. The van der Waals surface area contributed by atoms with Crippen LogP contribution >= 0.6 is 0 Å². The Labute approximate surface area is 101 Å². The van der Waals surface area contributed by atoms with Crippen LogP contribution in [-0.2, 0) is 4.12 Å². The third kappa shape index (κ3) is 2.39. The van der Waals surface area contributed by atoms with Crippen LogP contribution in [0.2, 0.25) is 16.1 Å². The van der Waals surface area contributed by atoms with Crippen molar-refractivity contribution < 1.29 is 4.12 Å². The molecule has 0 saturated carbocycles. The summed E-state index contributed by atoms with van der Waals surface area (Å²) in [5, 5.41) is 0.358. The molecule has 0 aliphatic rings. The van der Waals surface area contributed by atoms with Gasteiger partial charge in [0.25, 0.3) is 0 Å². The zero-order valence-corrected chi connectivity index (χ0v) is 15.1. The predicted molar refractivity (Wildman–Crippen MR) is 75.9 cm³/mol. The Kier molecular flexibility index (Phi) is 5.28. The highest BCUT2D eigenvalue weighted by Gasteiger charge is 2.53. The molecule has 0 heterocycles. The van der Waals surface area contributed by atoms with Crippen molar-refractivity contribution in [3.05, 3.63) is 0 Å². The van der Waals surface area contributed by atoms with Gasteiger partial charge in [0.2, 0.25) is 0 Å². The molecule has 0 aliphatic carbocycles. The molecule has 0 aromatic rings. The van der Waals surface area contributed by atoms with Crippen LogP contribution in [-0.4, -0.2) is 18.8 Å². The molecule has 0 aromatic carbocycles. The van der Waals surface area contributed by atoms with Gasteiger partial charge in [-0.05, 0) is 22.0 Å². The molecule has 0 aliphatic heterocycles. The Morgan fingerprint density at radius 1 is 0.933 bits per heavy atom. The Morgan fingerprint density at radius 3 is 1.33 bits per heavy atom. The summed E-state index contributed by atoms with van der Waals surface area (Å²) in [4.78, 5) is 0. The summed E-state index contributed by atoms with van der Waals surface area (Å²) in [6, 6.07) is 0. The van der Waals surface area contributed by atoms with Crippen LogP contribution in [0.5, 0.6) is 0 Å². The summed E-state index contributed by atoms with van der Waals surface area (Å²) in [6.07, 6.45) is 0. The number of hydrogen-bond acceptors (Lipinski definition) is 1. The summed E-state index contributed by atoms with van der Waals surface area (Å²) in [5.41, 5.74) is 1.40. The Balaban J connectivity index is 5.44. The van der Waals surface area contributed by atoms with Gasteiger partial charge in [0.1, 0.15) is 10.5 Å². The molecule has 0 bridgehead atoms. The van der Waals surface area contributed by atoms with Crippen LogP contribution in [0.1, 0.15) is 55.4 Å². The summed E-state index contributed by atoms with van der Waals surface area (Å²) in [7, 11) is -0.773. The van der Waals surface area contributed by atoms with Crippen LogP contribution in [0.25, 0.3) is 0 Å². The first-order chi connectivity index (χ1) is 6.64. The summed E-state index contributed by atoms with van der Waals surface area (Å²) < 4.78 is 6.26. The fraction of sp³-hybridized carbons (Fsp3) is 1.00. The van der Waals surface area contributed by atoms with Gasteiger partial charge in [0.05, 0.1) is 0 Å². The summed E-state index contributed by atoms with van der Waals surface area (Å²) in [5.74, 6) is 0.697. The van der Waals surface area contributed by atoms with Gasteiger partial charge in [0.15, 0.2) is 8.32 Å². The van der Waals surface area contributed by atoms with Crippen molar-refractivity contribution in [2.75, 3.05) is 0 Å². The van der Waals surface area contributed by atoms with Crippen molar-refractivity contribution in [1.29, 1.82) is 0 Å². The topological polar surface area (TPSA) is 9.23 Å². The molecule has 3 heteroatoms. The molecule has 0 fully saturated rings. The van der Waals surface area contributed by atoms with Gasteiger partial charge in [-0.1, -0.05) is 55.4 Å². The maximum absolute atomic E-state index is 6.26. The van der Waals surface area contributed by atoms with Crippen LogP contribution in [0, 0.1) is 5.92 Å². The van der Waals surface area contributed by atoms with Crippen molar-refractivity contribution in [3.8, 4) is 0 Å². The first kappa shape index (κ1) is 15.4. The molecule has 0 rings (SSSR count). The van der Waals surface area contributed by atoms with E-state index in [-0.39, 0.29) is 0 Å². The van der Waals surface area contributed by atoms with E-state index in [1.54, 1.807) is 0 Å². The van der Waals surface area contributed by atoms with Gasteiger partial charge >= 0.3 is 0 Å². The normalized spacial score (nSPS) is 14.6. The lowest BCUT2D eigenvalue weighted by molar-refractivity contribution is 0.373. The lowest BCUT2D eigenvalue weighted by Gasteiger charge is -2.52. The number of rotatable bonds is 5. The van der Waals surface area contributed by atoms with Crippen molar-refractivity contribution in [2.24, 2.45) is 5.92 Å². The second kappa shape index (κ2) is 5.15. The minimum absolute atomic E-state index is 0.358. The molecule has 0 aromatic heterocycles. The minimum atomic E-state index is -1.65. The van der Waals surface area contributed by atoms with E-state index in [4.69, 9.17) is 4.12 Å². The summed E-state index contributed by atoms with van der Waals surface area (Å²) in [6.45, 7) is 18.9. The fourth-order valence-corrected chi connectivity index (χ4v) is 14.4. The van der Waals surface area contributed by atoms with Crippen LogP contribution in [0.3, 0.4) is 0 Å². The molecular formula is C12H30OSi2. The fourth-order valence-electron chi connectivity index (χ4n) is 3.34. The Morgan fingerprint density at radius 2 is 1.27 bits per heavy atom. The quantitative estimate of drug-likeness (QED) is 0.675. The highest BCUT2D eigenvalue weighted by Crippen LogP contribution is 2.54. The van der Waals surface area contributed by atoms with Gasteiger partial charge in [-0.3, -0.25) is 0 Å². The third-order valence-corrected chi connectivity index (χ3v) is 13.2. The maximum atomic E-state index is 6.26. The van der Waals surface area contributed by atoms with Crippen LogP contribution in [0.4, 0.5) is 0 Å². The average Bonchev–Trinajstić information content (AvgIpc) is 2.03. The monoisotopic (exact) mass is 246 g/mol. The largest absolute Gasteiger partial charge is 0.463 e. The van der Waals surface area contributed by atoms with Crippen LogP contribution in [0.15, 0.2) is 0 Å². The van der Waals surface area contributed by atoms with Crippen molar-refractivity contribution in [1.82, 2.24) is 0 Å². The molecule has 0 amide bonds.